The van der Waals surface area contributed by atoms with Crippen LogP contribution in [0, 0.1) is 5.92 Å². The SMILES string of the molecule is CNCC(C)C(=O)N(C)CC(F)(F)F. The molecule has 6 heteroatoms. The molecule has 0 aromatic heterocycles. The van der Waals surface area contributed by atoms with E-state index in [9.17, 15) is 18.0 Å². The van der Waals surface area contributed by atoms with Crippen molar-refractivity contribution in [2.75, 3.05) is 27.2 Å². The van der Waals surface area contributed by atoms with Gasteiger partial charge in [0.05, 0.1) is 0 Å². The number of hydrogen-bond acceptors (Lipinski definition) is 2. The molecule has 1 atom stereocenters. The summed E-state index contributed by atoms with van der Waals surface area (Å²) in [5.41, 5.74) is 0. The number of amides is 1. The highest BCUT2D eigenvalue weighted by atomic mass is 19.4. The molecule has 0 aromatic rings. The maximum Gasteiger partial charge on any atom is 0.406 e. The second-order valence-corrected chi connectivity index (χ2v) is 3.27. The molecule has 0 aliphatic carbocycles. The fourth-order valence-corrected chi connectivity index (χ4v) is 1.12. The lowest BCUT2D eigenvalue weighted by Crippen LogP contribution is -2.41. The van der Waals surface area contributed by atoms with Gasteiger partial charge < -0.3 is 10.2 Å². The molecule has 1 unspecified atom stereocenters. The monoisotopic (exact) mass is 212 g/mol. The fraction of sp³-hybridized carbons (Fsp3) is 0.875. The van der Waals surface area contributed by atoms with Crippen LogP contribution in [-0.2, 0) is 4.79 Å². The number of hydrogen-bond donors (Lipinski definition) is 1. The van der Waals surface area contributed by atoms with Gasteiger partial charge in [0.2, 0.25) is 5.91 Å². The first-order chi connectivity index (χ1) is 6.28. The van der Waals surface area contributed by atoms with Gasteiger partial charge in [-0.2, -0.15) is 13.2 Å². The van der Waals surface area contributed by atoms with Crippen molar-refractivity contribution >= 4 is 5.91 Å². The van der Waals surface area contributed by atoms with Crippen LogP contribution in [-0.4, -0.2) is 44.2 Å². The van der Waals surface area contributed by atoms with Gasteiger partial charge in [-0.05, 0) is 7.05 Å². The van der Waals surface area contributed by atoms with E-state index < -0.39 is 24.5 Å². The van der Waals surface area contributed by atoms with Crippen LogP contribution in [0.25, 0.3) is 0 Å². The Kier molecular flexibility index (Phi) is 4.90. The van der Waals surface area contributed by atoms with Crippen LogP contribution < -0.4 is 5.32 Å². The van der Waals surface area contributed by atoms with E-state index in [0.717, 1.165) is 7.05 Å². The van der Waals surface area contributed by atoms with Crippen molar-refractivity contribution in [2.45, 2.75) is 13.1 Å². The Labute approximate surface area is 81.3 Å². The van der Waals surface area contributed by atoms with Crippen LogP contribution in [0.1, 0.15) is 6.92 Å². The number of rotatable bonds is 4. The zero-order valence-corrected chi connectivity index (χ0v) is 8.48. The van der Waals surface area contributed by atoms with E-state index in [1.165, 1.54) is 0 Å². The standard InChI is InChI=1S/C8H15F3N2O/c1-6(4-12-2)7(14)13(3)5-8(9,10)11/h6,12H,4-5H2,1-3H3. The quantitative estimate of drug-likeness (QED) is 0.749. The van der Waals surface area contributed by atoms with Crippen molar-refractivity contribution in [1.29, 1.82) is 0 Å². The molecule has 0 spiro atoms. The van der Waals surface area contributed by atoms with Crippen molar-refractivity contribution in [2.24, 2.45) is 5.92 Å². The van der Waals surface area contributed by atoms with Gasteiger partial charge in [-0.3, -0.25) is 4.79 Å². The average Bonchev–Trinajstić information content (AvgIpc) is 2.00. The van der Waals surface area contributed by atoms with Gasteiger partial charge in [0.15, 0.2) is 0 Å². The molecular weight excluding hydrogens is 197 g/mol. The van der Waals surface area contributed by atoms with Crippen molar-refractivity contribution in [3.8, 4) is 0 Å². The largest absolute Gasteiger partial charge is 0.406 e. The summed E-state index contributed by atoms with van der Waals surface area (Å²) in [6.07, 6.45) is -4.33. The van der Waals surface area contributed by atoms with Gasteiger partial charge in [0, 0.05) is 19.5 Å². The molecule has 0 rings (SSSR count). The van der Waals surface area contributed by atoms with Crippen molar-refractivity contribution in [3.05, 3.63) is 0 Å². The number of halogens is 3. The normalized spacial score (nSPS) is 13.9. The molecule has 0 fully saturated rings. The highest BCUT2D eigenvalue weighted by Crippen LogP contribution is 2.16. The molecule has 0 aromatic carbocycles. The van der Waals surface area contributed by atoms with E-state index in [2.05, 4.69) is 5.32 Å². The minimum atomic E-state index is -4.33. The summed E-state index contributed by atoms with van der Waals surface area (Å²) in [7, 11) is 2.80. The number of nitrogens with one attached hydrogen (secondary N) is 1. The molecule has 0 saturated carbocycles. The summed E-state index contributed by atoms with van der Waals surface area (Å²) in [4.78, 5) is 12.0. The van der Waals surface area contributed by atoms with Crippen LogP contribution >= 0.6 is 0 Å². The van der Waals surface area contributed by atoms with Gasteiger partial charge in [-0.15, -0.1) is 0 Å². The predicted molar refractivity (Wildman–Crippen MR) is 46.8 cm³/mol. The van der Waals surface area contributed by atoms with Gasteiger partial charge in [0.1, 0.15) is 6.54 Å². The Bertz CT molecular complexity index is 194. The molecule has 1 N–H and O–H groups in total. The number of nitrogens with zero attached hydrogens (tertiary/aromatic N) is 1. The molecule has 0 radical (unpaired) electrons. The zero-order chi connectivity index (χ0) is 11.4. The predicted octanol–water partition coefficient (Wildman–Crippen LogP) is 0.863. The summed E-state index contributed by atoms with van der Waals surface area (Å²) < 4.78 is 35.7. The molecule has 0 aliphatic heterocycles. The summed E-state index contributed by atoms with van der Waals surface area (Å²) >= 11 is 0. The van der Waals surface area contributed by atoms with E-state index in [0.29, 0.717) is 11.4 Å². The summed E-state index contributed by atoms with van der Waals surface area (Å²) in [5, 5.41) is 2.74. The van der Waals surface area contributed by atoms with E-state index in [1.807, 2.05) is 0 Å². The molecule has 84 valence electrons. The molecule has 1 amide bonds. The molecule has 0 aliphatic rings. The van der Waals surface area contributed by atoms with E-state index in [4.69, 9.17) is 0 Å². The molecule has 14 heavy (non-hydrogen) atoms. The summed E-state index contributed by atoms with van der Waals surface area (Å²) in [6, 6.07) is 0. The van der Waals surface area contributed by atoms with Gasteiger partial charge in [-0.25, -0.2) is 0 Å². The van der Waals surface area contributed by atoms with E-state index in [1.54, 1.807) is 14.0 Å². The molecule has 0 saturated heterocycles. The summed E-state index contributed by atoms with van der Waals surface area (Å²) in [6.45, 7) is 0.770. The Morgan fingerprint density at radius 3 is 2.36 bits per heavy atom. The first-order valence-corrected chi connectivity index (χ1v) is 4.24. The third-order valence-electron chi connectivity index (χ3n) is 1.72. The zero-order valence-electron chi connectivity index (χ0n) is 8.48. The fourth-order valence-electron chi connectivity index (χ4n) is 1.12. The topological polar surface area (TPSA) is 32.3 Å². The van der Waals surface area contributed by atoms with Gasteiger partial charge in [-0.1, -0.05) is 6.92 Å². The number of alkyl halides is 3. The first-order valence-electron chi connectivity index (χ1n) is 4.24. The second kappa shape index (κ2) is 5.19. The van der Waals surface area contributed by atoms with Crippen molar-refractivity contribution in [3.63, 3.8) is 0 Å². The average molecular weight is 212 g/mol. The second-order valence-electron chi connectivity index (χ2n) is 3.27. The van der Waals surface area contributed by atoms with Crippen molar-refractivity contribution < 1.29 is 18.0 Å². The Morgan fingerprint density at radius 1 is 1.50 bits per heavy atom. The highest BCUT2D eigenvalue weighted by Gasteiger charge is 2.32. The van der Waals surface area contributed by atoms with Crippen LogP contribution in [0.5, 0.6) is 0 Å². The number of carbonyl (C=O) groups excluding carboxylic acids is 1. The maximum absolute atomic E-state index is 11.9. The number of carbonyl (C=O) groups is 1. The van der Waals surface area contributed by atoms with E-state index in [-0.39, 0.29) is 0 Å². The van der Waals surface area contributed by atoms with Crippen LogP contribution in [0.15, 0.2) is 0 Å². The minimum absolute atomic E-state index is 0.376. The van der Waals surface area contributed by atoms with Crippen LogP contribution in [0.2, 0.25) is 0 Å². The van der Waals surface area contributed by atoms with Gasteiger partial charge in [0.25, 0.3) is 0 Å². The first kappa shape index (κ1) is 13.2. The lowest BCUT2D eigenvalue weighted by atomic mass is 10.1. The molecular formula is C8H15F3N2O. The lowest BCUT2D eigenvalue weighted by molar-refractivity contribution is -0.160. The Morgan fingerprint density at radius 2 is 2.00 bits per heavy atom. The lowest BCUT2D eigenvalue weighted by Gasteiger charge is -2.22. The smallest absolute Gasteiger partial charge is 0.336 e. The highest BCUT2D eigenvalue weighted by molar-refractivity contribution is 5.78. The Balaban J connectivity index is 4.12. The third kappa shape index (κ3) is 5.06. The Hall–Kier alpha value is -0.780. The van der Waals surface area contributed by atoms with Crippen molar-refractivity contribution in [1.82, 2.24) is 10.2 Å². The van der Waals surface area contributed by atoms with Crippen LogP contribution in [0.3, 0.4) is 0 Å². The third-order valence-corrected chi connectivity index (χ3v) is 1.72. The minimum Gasteiger partial charge on any atom is -0.336 e. The summed E-state index contributed by atoms with van der Waals surface area (Å²) in [5.74, 6) is -0.941. The van der Waals surface area contributed by atoms with Crippen LogP contribution in [0.4, 0.5) is 13.2 Å². The maximum atomic E-state index is 11.9. The van der Waals surface area contributed by atoms with E-state index >= 15 is 0 Å². The molecule has 3 nitrogen and oxygen atoms in total. The van der Waals surface area contributed by atoms with Gasteiger partial charge >= 0.3 is 6.18 Å². The molecule has 0 heterocycles. The molecule has 0 bridgehead atoms.